The van der Waals surface area contributed by atoms with Gasteiger partial charge in [-0.3, -0.25) is 0 Å². The molecule has 0 aliphatic heterocycles. The van der Waals surface area contributed by atoms with Gasteiger partial charge in [-0.15, -0.1) is 11.3 Å². The van der Waals surface area contributed by atoms with Crippen molar-refractivity contribution in [3.63, 3.8) is 0 Å². The SMILES string of the molecule is O=C(O)c1cc(Cl)ccc1/C=N/N(c1nc(-c2ccccc2Cl)cs1)C1CC1. The fourth-order valence-electron chi connectivity index (χ4n) is 2.73. The summed E-state index contributed by atoms with van der Waals surface area (Å²) in [6.45, 7) is 0. The van der Waals surface area contributed by atoms with Crippen molar-refractivity contribution in [2.45, 2.75) is 18.9 Å². The lowest BCUT2D eigenvalue weighted by atomic mass is 10.1. The highest BCUT2D eigenvalue weighted by atomic mass is 35.5. The molecule has 8 heteroatoms. The first-order valence-corrected chi connectivity index (χ1v) is 10.2. The summed E-state index contributed by atoms with van der Waals surface area (Å²) in [6.07, 6.45) is 3.59. The third kappa shape index (κ3) is 4.04. The second-order valence-corrected chi connectivity index (χ2v) is 8.03. The molecule has 1 aliphatic rings. The maximum Gasteiger partial charge on any atom is 0.336 e. The quantitative estimate of drug-likeness (QED) is 0.394. The number of carbonyl (C=O) groups is 1. The maximum absolute atomic E-state index is 11.5. The number of hydrogen-bond donors (Lipinski definition) is 1. The zero-order valence-electron chi connectivity index (χ0n) is 14.5. The molecule has 2 aromatic carbocycles. The molecular formula is C20H15Cl2N3O2S. The van der Waals surface area contributed by atoms with Gasteiger partial charge in [0.05, 0.1) is 23.5 Å². The lowest BCUT2D eigenvalue weighted by Crippen LogP contribution is -2.19. The molecular weight excluding hydrogens is 417 g/mol. The first-order chi connectivity index (χ1) is 13.5. The van der Waals surface area contributed by atoms with Gasteiger partial charge in [0.25, 0.3) is 0 Å². The van der Waals surface area contributed by atoms with E-state index in [1.54, 1.807) is 18.3 Å². The number of rotatable bonds is 6. The summed E-state index contributed by atoms with van der Waals surface area (Å²) >= 11 is 13.7. The van der Waals surface area contributed by atoms with Gasteiger partial charge in [0.1, 0.15) is 0 Å². The number of benzene rings is 2. The maximum atomic E-state index is 11.5. The number of anilines is 1. The van der Waals surface area contributed by atoms with Crippen molar-refractivity contribution < 1.29 is 9.90 Å². The van der Waals surface area contributed by atoms with Gasteiger partial charge in [0.2, 0.25) is 5.13 Å². The smallest absolute Gasteiger partial charge is 0.336 e. The molecule has 142 valence electrons. The zero-order valence-corrected chi connectivity index (χ0v) is 16.9. The fraction of sp³-hybridized carbons (Fsp3) is 0.150. The first kappa shape index (κ1) is 18.9. The molecule has 0 saturated heterocycles. The van der Waals surface area contributed by atoms with Crippen LogP contribution in [-0.2, 0) is 0 Å². The number of aromatic carboxylic acids is 1. The van der Waals surface area contributed by atoms with Crippen LogP contribution < -0.4 is 5.01 Å². The summed E-state index contributed by atoms with van der Waals surface area (Å²) < 4.78 is 0. The average Bonchev–Trinajstić information content (AvgIpc) is 3.40. The summed E-state index contributed by atoms with van der Waals surface area (Å²) in [5.74, 6) is -1.04. The third-order valence-corrected chi connectivity index (χ3v) is 5.69. The molecule has 28 heavy (non-hydrogen) atoms. The number of hydrazone groups is 1. The van der Waals surface area contributed by atoms with Gasteiger partial charge in [0.15, 0.2) is 0 Å². The number of nitrogens with zero attached hydrogens (tertiary/aromatic N) is 3. The lowest BCUT2D eigenvalue weighted by Gasteiger charge is -2.14. The van der Waals surface area contributed by atoms with Crippen molar-refractivity contribution in [3.8, 4) is 11.3 Å². The third-order valence-electron chi connectivity index (χ3n) is 4.30. The molecule has 1 fully saturated rings. The van der Waals surface area contributed by atoms with Crippen molar-refractivity contribution in [1.82, 2.24) is 4.98 Å². The Balaban J connectivity index is 1.64. The zero-order chi connectivity index (χ0) is 19.7. The first-order valence-electron chi connectivity index (χ1n) is 8.59. The molecule has 0 spiro atoms. The Hall–Kier alpha value is -2.41. The summed E-state index contributed by atoms with van der Waals surface area (Å²) in [4.78, 5) is 16.2. The highest BCUT2D eigenvalue weighted by molar-refractivity contribution is 7.14. The van der Waals surface area contributed by atoms with E-state index in [-0.39, 0.29) is 11.6 Å². The van der Waals surface area contributed by atoms with E-state index < -0.39 is 5.97 Å². The van der Waals surface area contributed by atoms with Crippen molar-refractivity contribution in [1.29, 1.82) is 0 Å². The second-order valence-electron chi connectivity index (χ2n) is 6.35. The van der Waals surface area contributed by atoms with E-state index in [1.165, 1.54) is 17.4 Å². The highest BCUT2D eigenvalue weighted by Crippen LogP contribution is 2.37. The van der Waals surface area contributed by atoms with Gasteiger partial charge in [0, 0.05) is 26.6 Å². The largest absolute Gasteiger partial charge is 0.478 e. The molecule has 4 rings (SSSR count). The number of halogens is 2. The van der Waals surface area contributed by atoms with Gasteiger partial charge in [-0.05, 0) is 31.0 Å². The van der Waals surface area contributed by atoms with Crippen LogP contribution in [0.25, 0.3) is 11.3 Å². The molecule has 1 saturated carbocycles. The normalized spacial score (nSPS) is 13.8. The monoisotopic (exact) mass is 431 g/mol. The minimum atomic E-state index is -1.04. The fourth-order valence-corrected chi connectivity index (χ4v) is 3.99. The highest BCUT2D eigenvalue weighted by Gasteiger charge is 2.31. The Kier molecular flexibility index (Phi) is 5.35. The number of thiazole rings is 1. The van der Waals surface area contributed by atoms with E-state index >= 15 is 0 Å². The van der Waals surface area contributed by atoms with Crippen molar-refractivity contribution in [2.24, 2.45) is 5.10 Å². The molecule has 0 unspecified atom stereocenters. The Morgan fingerprint density at radius 1 is 1.25 bits per heavy atom. The molecule has 0 amide bonds. The Bertz CT molecular complexity index is 1060. The van der Waals surface area contributed by atoms with Crippen LogP contribution >= 0.6 is 34.5 Å². The second kappa shape index (κ2) is 7.91. The molecule has 5 nitrogen and oxygen atoms in total. The summed E-state index contributed by atoms with van der Waals surface area (Å²) in [5, 5.41) is 19.5. The summed E-state index contributed by atoms with van der Waals surface area (Å²) in [6, 6.07) is 12.6. The van der Waals surface area contributed by atoms with Gasteiger partial charge in [-0.2, -0.15) is 5.10 Å². The van der Waals surface area contributed by atoms with E-state index in [1.807, 2.05) is 34.7 Å². The number of carboxylic acids is 1. The van der Waals surface area contributed by atoms with Crippen LogP contribution in [-0.4, -0.2) is 28.3 Å². The molecule has 1 heterocycles. The van der Waals surface area contributed by atoms with Gasteiger partial charge in [-0.1, -0.05) is 47.5 Å². The van der Waals surface area contributed by atoms with Crippen LogP contribution in [0.4, 0.5) is 5.13 Å². The van der Waals surface area contributed by atoms with E-state index in [2.05, 4.69) is 5.10 Å². The summed E-state index contributed by atoms with van der Waals surface area (Å²) in [7, 11) is 0. The van der Waals surface area contributed by atoms with Crippen molar-refractivity contribution in [3.05, 3.63) is 69.0 Å². The van der Waals surface area contributed by atoms with Crippen LogP contribution in [0.15, 0.2) is 52.9 Å². The van der Waals surface area contributed by atoms with Gasteiger partial charge >= 0.3 is 5.97 Å². The molecule has 0 bridgehead atoms. The predicted octanol–water partition coefficient (Wildman–Crippen LogP) is 5.82. The molecule has 1 N–H and O–H groups in total. The van der Waals surface area contributed by atoms with E-state index in [0.29, 0.717) is 15.6 Å². The molecule has 3 aromatic rings. The Morgan fingerprint density at radius 2 is 2.04 bits per heavy atom. The van der Waals surface area contributed by atoms with Crippen LogP contribution in [0.3, 0.4) is 0 Å². The van der Waals surface area contributed by atoms with E-state index in [4.69, 9.17) is 28.2 Å². The number of aromatic nitrogens is 1. The summed E-state index contributed by atoms with van der Waals surface area (Å²) in [5.41, 5.74) is 2.27. The van der Waals surface area contributed by atoms with Crippen molar-refractivity contribution in [2.75, 3.05) is 5.01 Å². The molecule has 1 aromatic heterocycles. The van der Waals surface area contributed by atoms with E-state index in [9.17, 15) is 9.90 Å². The van der Waals surface area contributed by atoms with Crippen LogP contribution in [0.5, 0.6) is 0 Å². The number of hydrogen-bond acceptors (Lipinski definition) is 5. The predicted molar refractivity (Wildman–Crippen MR) is 114 cm³/mol. The standard InChI is InChI=1S/C20H15Cl2N3O2S/c21-13-6-5-12(16(9-13)19(26)27)10-23-25(14-7-8-14)20-24-18(11-28-20)15-3-1-2-4-17(15)22/h1-6,9-11,14H,7-8H2,(H,26,27)/b23-10+. The molecule has 0 radical (unpaired) electrons. The van der Waals surface area contributed by atoms with Crippen LogP contribution in [0.2, 0.25) is 10.0 Å². The molecule has 0 atom stereocenters. The number of carboxylic acid groups (broad SMARTS) is 1. The van der Waals surface area contributed by atoms with Crippen molar-refractivity contribution >= 4 is 51.9 Å². The Morgan fingerprint density at radius 3 is 2.75 bits per heavy atom. The minimum Gasteiger partial charge on any atom is -0.478 e. The molecule has 1 aliphatic carbocycles. The Labute approximate surface area is 175 Å². The topological polar surface area (TPSA) is 65.8 Å². The van der Waals surface area contributed by atoms with Crippen LogP contribution in [0.1, 0.15) is 28.8 Å². The average molecular weight is 432 g/mol. The lowest BCUT2D eigenvalue weighted by molar-refractivity contribution is 0.0696. The minimum absolute atomic E-state index is 0.114. The van der Waals surface area contributed by atoms with E-state index in [0.717, 1.165) is 29.2 Å². The van der Waals surface area contributed by atoms with Gasteiger partial charge < -0.3 is 5.11 Å². The van der Waals surface area contributed by atoms with Gasteiger partial charge in [-0.25, -0.2) is 14.8 Å². The van der Waals surface area contributed by atoms with Crippen LogP contribution in [0, 0.1) is 0 Å².